The summed E-state index contributed by atoms with van der Waals surface area (Å²) < 4.78 is 0. The van der Waals surface area contributed by atoms with Crippen LogP contribution in [-0.2, 0) is 4.79 Å². The first-order valence-corrected chi connectivity index (χ1v) is 4.83. The summed E-state index contributed by atoms with van der Waals surface area (Å²) in [5.41, 5.74) is 0.849. The van der Waals surface area contributed by atoms with E-state index in [0.29, 0.717) is 6.42 Å². The number of nitrogens with one attached hydrogen (secondary N) is 1. The standard InChI is InChI=1S/C12H15NO/c1-2-3-5-10-12(14)13-11-8-6-4-7-9-11/h3-9H,2,10H2,1H3,(H,13,14)/b5-3+. The molecule has 0 atom stereocenters. The molecule has 0 fully saturated rings. The van der Waals surface area contributed by atoms with Crippen LogP contribution in [-0.4, -0.2) is 5.91 Å². The predicted octanol–water partition coefficient (Wildman–Crippen LogP) is 2.98. The van der Waals surface area contributed by atoms with Crippen LogP contribution < -0.4 is 5.32 Å². The molecule has 0 aliphatic rings. The number of hydrogen-bond donors (Lipinski definition) is 1. The van der Waals surface area contributed by atoms with Crippen molar-refractivity contribution in [3.8, 4) is 0 Å². The minimum Gasteiger partial charge on any atom is -0.326 e. The molecule has 0 saturated carbocycles. The molecule has 0 unspecified atom stereocenters. The van der Waals surface area contributed by atoms with Crippen molar-refractivity contribution in [1.82, 2.24) is 0 Å². The Morgan fingerprint density at radius 1 is 1.29 bits per heavy atom. The number of hydrogen-bond acceptors (Lipinski definition) is 1. The molecule has 14 heavy (non-hydrogen) atoms. The zero-order valence-corrected chi connectivity index (χ0v) is 8.36. The molecular weight excluding hydrogens is 174 g/mol. The third kappa shape index (κ3) is 3.90. The highest BCUT2D eigenvalue weighted by Crippen LogP contribution is 2.05. The normalized spacial score (nSPS) is 10.4. The molecule has 0 aliphatic heterocycles. The van der Waals surface area contributed by atoms with Crippen LogP contribution in [0.5, 0.6) is 0 Å². The third-order valence-corrected chi connectivity index (χ3v) is 1.76. The third-order valence-electron chi connectivity index (χ3n) is 1.76. The maximum absolute atomic E-state index is 11.3. The predicted molar refractivity (Wildman–Crippen MR) is 59.1 cm³/mol. The molecule has 1 aromatic carbocycles. The minimum atomic E-state index is 0.0286. The number of anilines is 1. The van der Waals surface area contributed by atoms with Crippen molar-refractivity contribution in [2.75, 3.05) is 5.32 Å². The van der Waals surface area contributed by atoms with Gasteiger partial charge in [-0.05, 0) is 18.6 Å². The van der Waals surface area contributed by atoms with E-state index in [-0.39, 0.29) is 5.91 Å². The number of carbonyl (C=O) groups is 1. The van der Waals surface area contributed by atoms with Gasteiger partial charge in [-0.3, -0.25) is 4.79 Å². The summed E-state index contributed by atoms with van der Waals surface area (Å²) in [6.07, 6.45) is 5.30. The lowest BCUT2D eigenvalue weighted by Crippen LogP contribution is -2.09. The van der Waals surface area contributed by atoms with Crippen molar-refractivity contribution in [1.29, 1.82) is 0 Å². The van der Waals surface area contributed by atoms with E-state index in [0.717, 1.165) is 12.1 Å². The average molecular weight is 189 g/mol. The van der Waals surface area contributed by atoms with Crippen LogP contribution in [0.15, 0.2) is 42.5 Å². The molecule has 0 aromatic heterocycles. The average Bonchev–Trinajstić information content (AvgIpc) is 2.20. The fourth-order valence-electron chi connectivity index (χ4n) is 1.09. The minimum absolute atomic E-state index is 0.0286. The van der Waals surface area contributed by atoms with E-state index >= 15 is 0 Å². The van der Waals surface area contributed by atoms with Crippen LogP contribution in [0.1, 0.15) is 19.8 Å². The van der Waals surface area contributed by atoms with Crippen LogP contribution >= 0.6 is 0 Å². The zero-order chi connectivity index (χ0) is 10.2. The summed E-state index contributed by atoms with van der Waals surface area (Å²) in [6.45, 7) is 2.05. The number of benzene rings is 1. The monoisotopic (exact) mass is 189 g/mol. The Hall–Kier alpha value is -1.57. The van der Waals surface area contributed by atoms with Gasteiger partial charge in [-0.1, -0.05) is 37.3 Å². The Labute approximate surface area is 84.6 Å². The second kappa shape index (κ2) is 5.97. The molecule has 1 amide bonds. The van der Waals surface area contributed by atoms with Gasteiger partial charge in [0, 0.05) is 12.1 Å². The molecular formula is C12H15NO. The van der Waals surface area contributed by atoms with E-state index in [1.807, 2.05) is 49.4 Å². The molecule has 0 saturated heterocycles. The van der Waals surface area contributed by atoms with Gasteiger partial charge in [0.15, 0.2) is 0 Å². The Kier molecular flexibility index (Phi) is 4.48. The second-order valence-electron chi connectivity index (χ2n) is 3.00. The summed E-state index contributed by atoms with van der Waals surface area (Å²) in [5, 5.41) is 2.81. The molecule has 0 heterocycles. The van der Waals surface area contributed by atoms with Crippen LogP contribution in [0, 0.1) is 0 Å². The fraction of sp³-hybridized carbons (Fsp3) is 0.250. The van der Waals surface area contributed by atoms with Gasteiger partial charge in [0.25, 0.3) is 0 Å². The highest BCUT2D eigenvalue weighted by atomic mass is 16.1. The first-order chi connectivity index (χ1) is 6.83. The SMILES string of the molecule is CC/C=C/CC(=O)Nc1ccccc1. The first kappa shape index (κ1) is 10.5. The smallest absolute Gasteiger partial charge is 0.228 e. The lowest BCUT2D eigenvalue weighted by molar-refractivity contribution is -0.115. The van der Waals surface area contributed by atoms with E-state index in [9.17, 15) is 4.79 Å². The van der Waals surface area contributed by atoms with Crippen molar-refractivity contribution >= 4 is 11.6 Å². The molecule has 2 nitrogen and oxygen atoms in total. The van der Waals surface area contributed by atoms with Gasteiger partial charge in [0.2, 0.25) is 5.91 Å². The van der Waals surface area contributed by atoms with E-state index in [1.165, 1.54) is 0 Å². The second-order valence-corrected chi connectivity index (χ2v) is 3.00. The highest BCUT2D eigenvalue weighted by molar-refractivity contribution is 5.91. The molecule has 1 N–H and O–H groups in total. The Balaban J connectivity index is 2.38. The molecule has 1 rings (SSSR count). The summed E-state index contributed by atoms with van der Waals surface area (Å²) in [6, 6.07) is 9.48. The van der Waals surface area contributed by atoms with Gasteiger partial charge in [-0.2, -0.15) is 0 Å². The topological polar surface area (TPSA) is 29.1 Å². The van der Waals surface area contributed by atoms with E-state index < -0.39 is 0 Å². The number of allylic oxidation sites excluding steroid dienone is 1. The van der Waals surface area contributed by atoms with Crippen LogP contribution in [0.2, 0.25) is 0 Å². The molecule has 0 bridgehead atoms. The quantitative estimate of drug-likeness (QED) is 0.725. The Bertz CT molecular complexity index is 303. The van der Waals surface area contributed by atoms with Crippen molar-refractivity contribution in [2.45, 2.75) is 19.8 Å². The maximum Gasteiger partial charge on any atom is 0.228 e. The van der Waals surface area contributed by atoms with Crippen LogP contribution in [0.25, 0.3) is 0 Å². The van der Waals surface area contributed by atoms with Gasteiger partial charge < -0.3 is 5.32 Å². The zero-order valence-electron chi connectivity index (χ0n) is 8.36. The van der Waals surface area contributed by atoms with Crippen molar-refractivity contribution in [3.63, 3.8) is 0 Å². The largest absolute Gasteiger partial charge is 0.326 e. The lowest BCUT2D eigenvalue weighted by atomic mass is 10.3. The van der Waals surface area contributed by atoms with E-state index in [2.05, 4.69) is 5.32 Å². The highest BCUT2D eigenvalue weighted by Gasteiger charge is 1.97. The summed E-state index contributed by atoms with van der Waals surface area (Å²) in [4.78, 5) is 11.3. The number of rotatable bonds is 4. The first-order valence-electron chi connectivity index (χ1n) is 4.83. The number of amides is 1. The van der Waals surface area contributed by atoms with E-state index in [1.54, 1.807) is 0 Å². The summed E-state index contributed by atoms with van der Waals surface area (Å²) >= 11 is 0. The van der Waals surface area contributed by atoms with Crippen LogP contribution in [0.4, 0.5) is 5.69 Å². The van der Waals surface area contributed by atoms with Crippen LogP contribution in [0.3, 0.4) is 0 Å². The van der Waals surface area contributed by atoms with Crippen molar-refractivity contribution in [2.24, 2.45) is 0 Å². The Morgan fingerprint density at radius 2 is 2.00 bits per heavy atom. The van der Waals surface area contributed by atoms with Crippen molar-refractivity contribution in [3.05, 3.63) is 42.5 Å². The van der Waals surface area contributed by atoms with Gasteiger partial charge in [0.1, 0.15) is 0 Å². The molecule has 0 aliphatic carbocycles. The summed E-state index contributed by atoms with van der Waals surface area (Å²) in [7, 11) is 0. The molecule has 2 heteroatoms. The fourth-order valence-corrected chi connectivity index (χ4v) is 1.09. The molecule has 0 radical (unpaired) electrons. The molecule has 1 aromatic rings. The van der Waals surface area contributed by atoms with Gasteiger partial charge in [0.05, 0.1) is 0 Å². The number of para-hydroxylation sites is 1. The Morgan fingerprint density at radius 3 is 2.64 bits per heavy atom. The van der Waals surface area contributed by atoms with Crippen molar-refractivity contribution < 1.29 is 4.79 Å². The van der Waals surface area contributed by atoms with Gasteiger partial charge in [-0.25, -0.2) is 0 Å². The van der Waals surface area contributed by atoms with Gasteiger partial charge >= 0.3 is 0 Å². The summed E-state index contributed by atoms with van der Waals surface area (Å²) in [5.74, 6) is 0.0286. The van der Waals surface area contributed by atoms with E-state index in [4.69, 9.17) is 0 Å². The number of carbonyl (C=O) groups excluding carboxylic acids is 1. The van der Waals surface area contributed by atoms with Gasteiger partial charge in [-0.15, -0.1) is 0 Å². The lowest BCUT2D eigenvalue weighted by Gasteiger charge is -2.01. The maximum atomic E-state index is 11.3. The molecule has 0 spiro atoms. The molecule has 74 valence electrons.